The van der Waals surface area contributed by atoms with Gasteiger partial charge in [0, 0.05) is 11.6 Å². The number of carbonyl (C=O) groups is 1. The van der Waals surface area contributed by atoms with Crippen LogP contribution in [0.4, 0.5) is 5.69 Å². The van der Waals surface area contributed by atoms with E-state index in [1.165, 1.54) is 0 Å². The highest BCUT2D eigenvalue weighted by molar-refractivity contribution is 6.12. The van der Waals surface area contributed by atoms with Gasteiger partial charge in [-0.3, -0.25) is 9.28 Å². The van der Waals surface area contributed by atoms with Crippen LogP contribution in [0.2, 0.25) is 0 Å². The molecule has 0 N–H and O–H groups in total. The fourth-order valence-corrected chi connectivity index (χ4v) is 2.79. The second-order valence-corrected chi connectivity index (χ2v) is 6.73. The van der Waals surface area contributed by atoms with Gasteiger partial charge in [-0.25, -0.2) is 0 Å². The van der Waals surface area contributed by atoms with Crippen molar-refractivity contribution in [2.24, 2.45) is 0 Å². The summed E-state index contributed by atoms with van der Waals surface area (Å²) in [5.41, 5.74) is 2.35. The lowest BCUT2D eigenvalue weighted by atomic mass is 10.00. The third kappa shape index (κ3) is 5.55. The zero-order valence-electron chi connectivity index (χ0n) is 15.9. The number of ether oxygens (including phenoxy) is 1. The average molecular weight is 418 g/mol. The molecule has 0 atom stereocenters. The van der Waals surface area contributed by atoms with Gasteiger partial charge in [0.1, 0.15) is 18.0 Å². The van der Waals surface area contributed by atoms with Gasteiger partial charge in [0.2, 0.25) is 0 Å². The molecule has 0 unspecified atom stereocenters. The number of hydrogen-bond acceptors (Lipinski definition) is 2. The van der Waals surface area contributed by atoms with Crippen molar-refractivity contribution in [1.82, 2.24) is 4.48 Å². The maximum atomic E-state index is 13.0. The van der Waals surface area contributed by atoms with Gasteiger partial charge >= 0.3 is 0 Å². The minimum atomic E-state index is 0. The third-order valence-corrected chi connectivity index (χ3v) is 4.25. The number of ketones is 1. The Kier molecular flexibility index (Phi) is 8.76. The zero-order valence-corrected chi connectivity index (χ0v) is 17.5. The van der Waals surface area contributed by atoms with Crippen molar-refractivity contribution in [3.05, 3.63) is 72.3 Å². The van der Waals surface area contributed by atoms with E-state index >= 15 is 0 Å². The molecular formula is C22H28BrNO2. The number of halogens is 1. The number of likely N-dealkylation sites (N-methyl/N-ethyl adjacent to an activating group) is 1. The average Bonchev–Trinajstić information content (AvgIpc) is 2.62. The van der Waals surface area contributed by atoms with Crippen molar-refractivity contribution < 1.29 is 26.5 Å². The molecule has 2 aromatic carbocycles. The van der Waals surface area contributed by atoms with Crippen LogP contribution in [0.3, 0.4) is 0 Å². The summed E-state index contributed by atoms with van der Waals surface area (Å²) >= 11 is 0. The van der Waals surface area contributed by atoms with Gasteiger partial charge in [-0.2, -0.15) is 0 Å². The summed E-state index contributed by atoms with van der Waals surface area (Å²) in [6.45, 7) is 7.42. The van der Waals surface area contributed by atoms with Gasteiger partial charge in [0.05, 0.1) is 26.3 Å². The van der Waals surface area contributed by atoms with Gasteiger partial charge in [-0.15, -0.1) is 0 Å². The largest absolute Gasteiger partial charge is 1.00 e. The van der Waals surface area contributed by atoms with Gasteiger partial charge in [-0.05, 0) is 24.6 Å². The Morgan fingerprint density at radius 2 is 1.85 bits per heavy atom. The first-order valence-electron chi connectivity index (χ1n) is 8.80. The van der Waals surface area contributed by atoms with E-state index in [1.54, 1.807) is 0 Å². The molecule has 0 aliphatic rings. The number of quaternary nitrogens is 1. The standard InChI is InChI=1S/C22H28NO2.BrH/c1-5-7-16-25-19-13-14-20(21(17-19)23(3,4)15-6-2)22(24)18-11-9-8-10-12-18;/h6,8-14,17H,2,5,7,15-16H2,1,3-4H3;1H/q+1;/p-1. The van der Waals surface area contributed by atoms with Crippen LogP contribution in [0.15, 0.2) is 61.2 Å². The van der Waals surface area contributed by atoms with Crippen molar-refractivity contribution in [3.63, 3.8) is 0 Å². The van der Waals surface area contributed by atoms with Crippen LogP contribution in [0.25, 0.3) is 0 Å². The smallest absolute Gasteiger partial charge is 0.199 e. The first kappa shape index (κ1) is 22.1. The Morgan fingerprint density at radius 3 is 2.46 bits per heavy atom. The molecule has 0 amide bonds. The molecule has 0 aliphatic heterocycles. The van der Waals surface area contributed by atoms with Crippen molar-refractivity contribution in [1.29, 1.82) is 0 Å². The SMILES string of the molecule is C=CC[N+](C)(C)c1cc(OCCCC)ccc1C(=O)c1ccccc1.[Br-]. The summed E-state index contributed by atoms with van der Waals surface area (Å²) in [7, 11) is 4.16. The van der Waals surface area contributed by atoms with Gasteiger partial charge in [-0.1, -0.05) is 50.3 Å². The summed E-state index contributed by atoms with van der Waals surface area (Å²) in [4.78, 5) is 13.0. The lowest BCUT2D eigenvalue weighted by Crippen LogP contribution is -3.00. The number of unbranched alkanes of at least 4 members (excludes halogenated alkanes) is 1. The maximum absolute atomic E-state index is 13.0. The van der Waals surface area contributed by atoms with Crippen LogP contribution in [0.5, 0.6) is 5.75 Å². The monoisotopic (exact) mass is 417 g/mol. The number of benzene rings is 2. The highest BCUT2D eigenvalue weighted by Crippen LogP contribution is 2.31. The Labute approximate surface area is 167 Å². The Balaban J connectivity index is 0.00000338. The van der Waals surface area contributed by atoms with Crippen molar-refractivity contribution in [2.45, 2.75) is 19.8 Å². The first-order valence-corrected chi connectivity index (χ1v) is 8.80. The highest BCUT2D eigenvalue weighted by atomic mass is 79.9. The Bertz CT molecular complexity index is 726. The molecule has 2 aromatic rings. The molecule has 0 aliphatic carbocycles. The lowest BCUT2D eigenvalue weighted by Gasteiger charge is -2.30. The summed E-state index contributed by atoms with van der Waals surface area (Å²) < 4.78 is 6.40. The molecule has 0 aromatic heterocycles. The van der Waals surface area contributed by atoms with Crippen molar-refractivity contribution >= 4 is 11.5 Å². The fraction of sp³-hybridized carbons (Fsp3) is 0.318. The van der Waals surface area contributed by atoms with Crippen LogP contribution in [0, 0.1) is 0 Å². The third-order valence-electron chi connectivity index (χ3n) is 4.25. The van der Waals surface area contributed by atoms with Crippen LogP contribution >= 0.6 is 0 Å². The zero-order chi connectivity index (χ0) is 18.3. The molecule has 0 fully saturated rings. The molecule has 0 heterocycles. The number of rotatable bonds is 9. The fourth-order valence-electron chi connectivity index (χ4n) is 2.79. The molecule has 2 rings (SSSR count). The number of hydrogen-bond donors (Lipinski definition) is 0. The molecule has 0 spiro atoms. The van der Waals surface area contributed by atoms with Crippen LogP contribution in [0.1, 0.15) is 35.7 Å². The summed E-state index contributed by atoms with van der Waals surface area (Å²) in [6, 6.07) is 15.2. The predicted octanol–water partition coefficient (Wildman–Crippen LogP) is 1.85. The molecule has 4 heteroatoms. The molecule has 0 radical (unpaired) electrons. The van der Waals surface area contributed by atoms with E-state index < -0.39 is 0 Å². The molecular weight excluding hydrogens is 390 g/mol. The van der Waals surface area contributed by atoms with Crippen LogP contribution < -0.4 is 26.2 Å². The van der Waals surface area contributed by atoms with E-state index in [0.29, 0.717) is 22.2 Å². The summed E-state index contributed by atoms with van der Waals surface area (Å²) in [5.74, 6) is 0.842. The first-order chi connectivity index (χ1) is 12.0. The van der Waals surface area contributed by atoms with Gasteiger partial charge < -0.3 is 21.7 Å². The summed E-state index contributed by atoms with van der Waals surface area (Å²) in [6.07, 6.45) is 3.99. The van der Waals surface area contributed by atoms with E-state index in [-0.39, 0.29) is 22.8 Å². The lowest BCUT2D eigenvalue weighted by molar-refractivity contribution is -0.0000131. The van der Waals surface area contributed by atoms with Gasteiger partial charge in [0.15, 0.2) is 5.78 Å². The van der Waals surface area contributed by atoms with E-state index in [0.717, 1.165) is 30.8 Å². The molecule has 0 saturated carbocycles. The second kappa shape index (κ2) is 10.3. The number of carbonyl (C=O) groups excluding carboxylic acids is 1. The molecule has 3 nitrogen and oxygen atoms in total. The minimum absolute atomic E-state index is 0. The predicted molar refractivity (Wildman–Crippen MR) is 105 cm³/mol. The molecule has 0 bridgehead atoms. The van der Waals surface area contributed by atoms with Crippen LogP contribution in [-0.2, 0) is 0 Å². The second-order valence-electron chi connectivity index (χ2n) is 6.73. The van der Waals surface area contributed by atoms with E-state index in [1.807, 2.05) is 54.6 Å². The van der Waals surface area contributed by atoms with Crippen LogP contribution in [-0.4, -0.2) is 33.0 Å². The normalized spacial score (nSPS) is 10.7. The summed E-state index contributed by atoms with van der Waals surface area (Å²) in [5, 5.41) is 0. The quantitative estimate of drug-likeness (QED) is 0.269. The molecule has 140 valence electrons. The topological polar surface area (TPSA) is 26.3 Å². The van der Waals surface area contributed by atoms with E-state index in [9.17, 15) is 4.79 Å². The van der Waals surface area contributed by atoms with Crippen molar-refractivity contribution in [3.8, 4) is 5.75 Å². The highest BCUT2D eigenvalue weighted by Gasteiger charge is 2.26. The molecule has 0 saturated heterocycles. The Hall–Kier alpha value is -1.91. The van der Waals surface area contributed by atoms with Crippen molar-refractivity contribution in [2.75, 3.05) is 27.2 Å². The minimum Gasteiger partial charge on any atom is -1.00 e. The van der Waals surface area contributed by atoms with E-state index in [2.05, 4.69) is 27.6 Å². The number of nitrogens with zero attached hydrogens (tertiary/aromatic N) is 1. The van der Waals surface area contributed by atoms with Gasteiger partial charge in [0.25, 0.3) is 0 Å². The Morgan fingerprint density at radius 1 is 1.15 bits per heavy atom. The van der Waals surface area contributed by atoms with E-state index in [4.69, 9.17) is 4.74 Å². The maximum Gasteiger partial charge on any atom is 0.199 e. The molecule has 26 heavy (non-hydrogen) atoms.